The number of benzene rings is 1. The van der Waals surface area contributed by atoms with Crippen LogP contribution >= 0.6 is 23.8 Å². The molecule has 8 nitrogen and oxygen atoms in total. The van der Waals surface area contributed by atoms with Crippen LogP contribution < -0.4 is 15.8 Å². The van der Waals surface area contributed by atoms with Crippen LogP contribution in [-0.4, -0.2) is 24.3 Å². The first-order valence-corrected chi connectivity index (χ1v) is 8.42. The van der Waals surface area contributed by atoms with E-state index < -0.39 is 21.5 Å². The Kier molecular flexibility index (Phi) is 5.31. The third-order valence-corrected chi connectivity index (χ3v) is 4.34. The summed E-state index contributed by atoms with van der Waals surface area (Å²) in [7, 11) is -3.92. The molecule has 0 unspecified atom stereocenters. The number of aromatic nitrogens is 2. The molecule has 0 spiro atoms. The number of sulfonamides is 1. The highest BCUT2D eigenvalue weighted by atomic mass is 35.5. The highest BCUT2D eigenvalue weighted by molar-refractivity contribution is 7.89. The lowest BCUT2D eigenvalue weighted by Gasteiger charge is -2.08. The Morgan fingerprint density at radius 1 is 1.22 bits per heavy atom. The van der Waals surface area contributed by atoms with E-state index in [2.05, 4.69) is 9.97 Å². The van der Waals surface area contributed by atoms with E-state index in [1.807, 2.05) is 10.3 Å². The van der Waals surface area contributed by atoms with Gasteiger partial charge in [0.05, 0.1) is 11.3 Å². The minimum absolute atomic E-state index is 0.0576. The zero-order chi connectivity index (χ0) is 17.0. The van der Waals surface area contributed by atoms with Gasteiger partial charge in [0.2, 0.25) is 5.91 Å². The van der Waals surface area contributed by atoms with Crippen LogP contribution in [0.4, 0.5) is 0 Å². The van der Waals surface area contributed by atoms with Gasteiger partial charge in [-0.15, -0.1) is 4.83 Å². The zero-order valence-corrected chi connectivity index (χ0v) is 13.8. The molecular formula is C12H11ClN4O4S2. The minimum atomic E-state index is -3.92. The van der Waals surface area contributed by atoms with Gasteiger partial charge in [0.15, 0.2) is 4.77 Å². The minimum Gasteiger partial charge on any atom is -0.335 e. The van der Waals surface area contributed by atoms with Gasteiger partial charge in [-0.1, -0.05) is 11.6 Å². The van der Waals surface area contributed by atoms with E-state index in [1.165, 1.54) is 24.3 Å². The van der Waals surface area contributed by atoms with Crippen molar-refractivity contribution in [3.05, 3.63) is 56.2 Å². The maximum absolute atomic E-state index is 12.0. The molecule has 0 aliphatic heterocycles. The first-order chi connectivity index (χ1) is 10.8. The molecule has 0 atom stereocenters. The summed E-state index contributed by atoms with van der Waals surface area (Å²) in [6.45, 7) is 0. The van der Waals surface area contributed by atoms with Crippen molar-refractivity contribution in [1.82, 2.24) is 20.2 Å². The molecule has 122 valence electrons. The van der Waals surface area contributed by atoms with Crippen LogP contribution in [0.25, 0.3) is 0 Å². The van der Waals surface area contributed by atoms with Crippen molar-refractivity contribution < 1.29 is 13.2 Å². The molecule has 1 aromatic carbocycles. The predicted molar refractivity (Wildman–Crippen MR) is 85.9 cm³/mol. The van der Waals surface area contributed by atoms with Crippen molar-refractivity contribution in [3.63, 3.8) is 0 Å². The molecule has 1 amide bonds. The molecule has 23 heavy (non-hydrogen) atoms. The Morgan fingerprint density at radius 2 is 1.87 bits per heavy atom. The average molecular weight is 375 g/mol. The van der Waals surface area contributed by atoms with Crippen LogP contribution in [0.1, 0.15) is 5.69 Å². The number of amides is 1. The summed E-state index contributed by atoms with van der Waals surface area (Å²) >= 11 is 10.5. The highest BCUT2D eigenvalue weighted by Crippen LogP contribution is 2.13. The van der Waals surface area contributed by atoms with Crippen molar-refractivity contribution in [2.24, 2.45) is 0 Å². The first kappa shape index (κ1) is 17.3. The molecule has 1 aromatic heterocycles. The lowest BCUT2D eigenvalue weighted by Crippen LogP contribution is -2.42. The Balaban J connectivity index is 2.02. The van der Waals surface area contributed by atoms with Gasteiger partial charge in [-0.25, -0.2) is 8.42 Å². The number of aromatic amines is 2. The number of carbonyl (C=O) groups excluding carboxylic acids is 1. The number of hydrogen-bond acceptors (Lipinski definition) is 5. The van der Waals surface area contributed by atoms with E-state index in [1.54, 1.807) is 0 Å². The number of halogens is 1. The van der Waals surface area contributed by atoms with E-state index in [0.717, 1.165) is 6.07 Å². The maximum Gasteiger partial charge on any atom is 0.257 e. The molecule has 0 saturated carbocycles. The summed E-state index contributed by atoms with van der Waals surface area (Å²) < 4.78 is 24.0. The highest BCUT2D eigenvalue weighted by Gasteiger charge is 2.15. The second-order valence-electron chi connectivity index (χ2n) is 4.40. The molecule has 11 heteroatoms. The molecule has 2 rings (SSSR count). The van der Waals surface area contributed by atoms with Crippen LogP contribution in [0.15, 0.2) is 40.0 Å². The number of H-pyrrole nitrogens is 2. The topological polar surface area (TPSA) is 124 Å². The SMILES string of the molecule is O=C(Cc1cc(=O)[nH]c(=S)[nH]1)NNS(=O)(=O)c1ccc(Cl)cc1. The molecule has 0 bridgehead atoms. The van der Waals surface area contributed by atoms with Crippen LogP contribution in [0.5, 0.6) is 0 Å². The molecule has 0 saturated heterocycles. The van der Waals surface area contributed by atoms with Crippen molar-refractivity contribution in [3.8, 4) is 0 Å². The molecule has 0 aliphatic carbocycles. The first-order valence-electron chi connectivity index (χ1n) is 6.15. The summed E-state index contributed by atoms with van der Waals surface area (Å²) in [6.07, 6.45) is -0.253. The van der Waals surface area contributed by atoms with Gasteiger partial charge < -0.3 is 4.98 Å². The second-order valence-corrected chi connectivity index (χ2v) is 6.92. The molecule has 0 radical (unpaired) electrons. The van der Waals surface area contributed by atoms with Gasteiger partial charge in [-0.2, -0.15) is 0 Å². The van der Waals surface area contributed by atoms with E-state index in [-0.39, 0.29) is 21.8 Å². The number of nitrogens with one attached hydrogen (secondary N) is 4. The van der Waals surface area contributed by atoms with E-state index in [0.29, 0.717) is 5.02 Å². The van der Waals surface area contributed by atoms with E-state index in [4.69, 9.17) is 23.8 Å². The van der Waals surface area contributed by atoms with Crippen LogP contribution in [-0.2, 0) is 21.2 Å². The van der Waals surface area contributed by atoms with Crippen molar-refractivity contribution >= 4 is 39.7 Å². The fraction of sp³-hybridized carbons (Fsp3) is 0.0833. The van der Waals surface area contributed by atoms with Crippen LogP contribution in [0.2, 0.25) is 5.02 Å². The molecular weight excluding hydrogens is 364 g/mol. The lowest BCUT2D eigenvalue weighted by molar-refractivity contribution is -0.120. The smallest absolute Gasteiger partial charge is 0.257 e. The third kappa shape index (κ3) is 4.99. The second kappa shape index (κ2) is 7.04. The summed E-state index contributed by atoms with van der Waals surface area (Å²) in [5.74, 6) is -0.668. The summed E-state index contributed by atoms with van der Waals surface area (Å²) in [5.41, 5.74) is 1.84. The van der Waals surface area contributed by atoms with Crippen molar-refractivity contribution in [2.75, 3.05) is 0 Å². The number of hydrogen-bond donors (Lipinski definition) is 4. The van der Waals surface area contributed by atoms with Crippen LogP contribution in [0, 0.1) is 4.77 Å². The van der Waals surface area contributed by atoms with Crippen LogP contribution in [0.3, 0.4) is 0 Å². The quantitative estimate of drug-likeness (QED) is 0.451. The van der Waals surface area contributed by atoms with Gasteiger partial charge in [-0.05, 0) is 36.5 Å². The maximum atomic E-state index is 12.0. The van der Waals surface area contributed by atoms with Gasteiger partial charge in [0.25, 0.3) is 15.6 Å². The molecule has 0 aliphatic rings. The Morgan fingerprint density at radius 3 is 2.48 bits per heavy atom. The summed E-state index contributed by atoms with van der Waals surface area (Å²) in [5, 5.41) is 0.387. The van der Waals surface area contributed by atoms with Crippen molar-refractivity contribution in [1.29, 1.82) is 0 Å². The molecule has 2 aromatic rings. The largest absolute Gasteiger partial charge is 0.335 e. The lowest BCUT2D eigenvalue weighted by atomic mass is 10.3. The zero-order valence-electron chi connectivity index (χ0n) is 11.4. The van der Waals surface area contributed by atoms with E-state index in [9.17, 15) is 18.0 Å². The Bertz CT molecular complexity index is 906. The average Bonchev–Trinajstić information content (AvgIpc) is 2.44. The fourth-order valence-electron chi connectivity index (χ4n) is 1.63. The number of carbonyl (C=O) groups is 1. The van der Waals surface area contributed by atoms with Gasteiger partial charge in [0, 0.05) is 16.8 Å². The standard InChI is InChI=1S/C12H11ClN4O4S2/c13-7-1-3-9(4-2-7)23(20,21)17-16-11(19)6-8-5-10(18)15-12(22)14-8/h1-5,17H,6H2,(H,16,19)(H2,14,15,18,22). The third-order valence-electron chi connectivity index (χ3n) is 2.62. The molecule has 4 N–H and O–H groups in total. The monoisotopic (exact) mass is 374 g/mol. The summed E-state index contributed by atoms with van der Waals surface area (Å²) in [4.78, 5) is 29.8. The predicted octanol–water partition coefficient (Wildman–Crippen LogP) is 0.638. The number of rotatable bonds is 5. The Labute approximate surface area is 140 Å². The van der Waals surface area contributed by atoms with E-state index >= 15 is 0 Å². The Hall–Kier alpha value is -2.01. The normalized spacial score (nSPS) is 11.2. The van der Waals surface area contributed by atoms with Gasteiger partial charge in [-0.3, -0.25) is 20.0 Å². The number of hydrazine groups is 1. The molecule has 1 heterocycles. The fourth-order valence-corrected chi connectivity index (χ4v) is 2.85. The van der Waals surface area contributed by atoms with Gasteiger partial charge in [0.1, 0.15) is 0 Å². The van der Waals surface area contributed by atoms with Crippen molar-refractivity contribution in [2.45, 2.75) is 11.3 Å². The molecule has 0 fully saturated rings. The van der Waals surface area contributed by atoms with Gasteiger partial charge >= 0.3 is 0 Å². The summed E-state index contributed by atoms with van der Waals surface area (Å²) in [6, 6.07) is 6.57.